The van der Waals surface area contributed by atoms with Crippen molar-refractivity contribution >= 4 is 0 Å². The third-order valence-electron chi connectivity index (χ3n) is 1.61. The Kier molecular flexibility index (Phi) is 6.82. The fraction of sp³-hybridized carbons (Fsp3) is 1.00. The first-order valence-electron chi connectivity index (χ1n) is 4.56. The summed E-state index contributed by atoms with van der Waals surface area (Å²) in [5, 5.41) is 9.27. The topological polar surface area (TPSA) is 58.7 Å². The number of nitrogens with zero attached hydrogens (tertiary/aromatic N) is 1. The maximum Gasteiger partial charge on any atom is 0.411 e. The maximum atomic E-state index is 11.7. The third kappa shape index (κ3) is 9.92. The molecule has 0 aromatic heterocycles. The van der Waals surface area contributed by atoms with Crippen LogP contribution in [-0.2, 0) is 4.74 Å². The van der Waals surface area contributed by atoms with E-state index in [0.29, 0.717) is 13.1 Å². The van der Waals surface area contributed by atoms with Crippen molar-refractivity contribution in [2.75, 3.05) is 39.9 Å². The molecule has 4 nitrogen and oxygen atoms in total. The number of aliphatic hydroxyl groups excluding tert-OH is 1. The molecule has 0 fully saturated rings. The highest BCUT2D eigenvalue weighted by Crippen LogP contribution is 2.14. The summed E-state index contributed by atoms with van der Waals surface area (Å²) >= 11 is 0. The first kappa shape index (κ1) is 14.6. The fourth-order valence-electron chi connectivity index (χ4n) is 1.03. The van der Waals surface area contributed by atoms with Gasteiger partial charge in [-0.1, -0.05) is 0 Å². The van der Waals surface area contributed by atoms with Gasteiger partial charge in [-0.25, -0.2) is 0 Å². The van der Waals surface area contributed by atoms with E-state index >= 15 is 0 Å². The number of halogens is 3. The van der Waals surface area contributed by atoms with Crippen LogP contribution in [0.4, 0.5) is 13.2 Å². The van der Waals surface area contributed by atoms with Crippen LogP contribution in [0.1, 0.15) is 0 Å². The Hall–Kier alpha value is -0.370. The van der Waals surface area contributed by atoms with Crippen LogP contribution in [0.3, 0.4) is 0 Å². The van der Waals surface area contributed by atoms with Crippen molar-refractivity contribution < 1.29 is 23.0 Å². The molecular weight excluding hydrogens is 213 g/mol. The molecule has 0 radical (unpaired) electrons. The molecule has 0 aliphatic carbocycles. The number of rotatable bonds is 7. The number of likely N-dealkylation sites (N-methyl/N-ethyl adjacent to an activating group) is 1. The highest BCUT2D eigenvalue weighted by Gasteiger charge is 2.27. The Bertz CT molecular complexity index is 166. The second-order valence-electron chi connectivity index (χ2n) is 3.34. The zero-order chi connectivity index (χ0) is 11.9. The van der Waals surface area contributed by atoms with E-state index in [0.717, 1.165) is 0 Å². The molecule has 15 heavy (non-hydrogen) atoms. The zero-order valence-corrected chi connectivity index (χ0v) is 8.63. The monoisotopic (exact) mass is 230 g/mol. The molecule has 0 heterocycles. The molecule has 0 aliphatic heterocycles. The first-order valence-corrected chi connectivity index (χ1v) is 4.56. The fourth-order valence-corrected chi connectivity index (χ4v) is 1.03. The van der Waals surface area contributed by atoms with Gasteiger partial charge in [-0.05, 0) is 7.05 Å². The van der Waals surface area contributed by atoms with Crippen LogP contribution in [0.2, 0.25) is 0 Å². The van der Waals surface area contributed by atoms with E-state index in [9.17, 15) is 18.3 Å². The zero-order valence-electron chi connectivity index (χ0n) is 8.63. The number of alkyl halides is 3. The molecule has 7 heteroatoms. The number of hydrogen-bond acceptors (Lipinski definition) is 4. The van der Waals surface area contributed by atoms with E-state index in [1.54, 1.807) is 11.9 Å². The minimum Gasteiger partial charge on any atom is -0.389 e. The van der Waals surface area contributed by atoms with Crippen molar-refractivity contribution in [1.82, 2.24) is 4.90 Å². The summed E-state index contributed by atoms with van der Waals surface area (Å²) in [6.45, 7) is -0.392. The Balaban J connectivity index is 3.53. The molecule has 0 saturated carbocycles. The molecule has 0 aromatic rings. The lowest BCUT2D eigenvalue weighted by Crippen LogP contribution is -2.35. The predicted molar refractivity (Wildman–Crippen MR) is 49.4 cm³/mol. The molecule has 0 amide bonds. The predicted octanol–water partition coefficient (Wildman–Crippen LogP) is -0.183. The molecule has 0 rings (SSSR count). The SMILES string of the molecule is CN(CCN)CC(O)COCC(F)(F)F. The summed E-state index contributed by atoms with van der Waals surface area (Å²) in [5.74, 6) is 0. The smallest absolute Gasteiger partial charge is 0.389 e. The Morgan fingerprint density at radius 2 is 2.07 bits per heavy atom. The van der Waals surface area contributed by atoms with Crippen LogP contribution >= 0.6 is 0 Å². The van der Waals surface area contributed by atoms with Crippen molar-refractivity contribution in [2.45, 2.75) is 12.3 Å². The van der Waals surface area contributed by atoms with Gasteiger partial charge in [0.1, 0.15) is 6.61 Å². The number of hydrogen-bond donors (Lipinski definition) is 2. The summed E-state index contributed by atoms with van der Waals surface area (Å²) in [5.41, 5.74) is 5.26. The van der Waals surface area contributed by atoms with Gasteiger partial charge in [0.2, 0.25) is 0 Å². The highest BCUT2D eigenvalue weighted by atomic mass is 19.4. The van der Waals surface area contributed by atoms with E-state index in [1.807, 2.05) is 0 Å². The van der Waals surface area contributed by atoms with Crippen LogP contribution in [0.15, 0.2) is 0 Å². The van der Waals surface area contributed by atoms with E-state index in [4.69, 9.17) is 5.73 Å². The normalized spacial score (nSPS) is 14.6. The Labute approximate surface area is 86.8 Å². The standard InChI is InChI=1S/C8H17F3N2O2/c1-13(3-2-12)4-7(14)5-15-6-8(9,10)11/h7,14H,2-6,12H2,1H3. The minimum absolute atomic E-state index is 0.245. The van der Waals surface area contributed by atoms with Crippen molar-refractivity contribution in [1.29, 1.82) is 0 Å². The molecule has 0 spiro atoms. The van der Waals surface area contributed by atoms with Crippen LogP contribution in [0.25, 0.3) is 0 Å². The molecule has 1 atom stereocenters. The van der Waals surface area contributed by atoms with Gasteiger partial charge < -0.3 is 20.5 Å². The van der Waals surface area contributed by atoms with E-state index in [1.165, 1.54) is 0 Å². The lowest BCUT2D eigenvalue weighted by atomic mass is 10.3. The second-order valence-corrected chi connectivity index (χ2v) is 3.34. The molecule has 0 aliphatic rings. The molecule has 1 unspecified atom stereocenters. The van der Waals surface area contributed by atoms with Crippen molar-refractivity contribution in [2.24, 2.45) is 5.73 Å². The highest BCUT2D eigenvalue weighted by molar-refractivity contribution is 4.61. The van der Waals surface area contributed by atoms with Crippen LogP contribution in [-0.4, -0.2) is 62.2 Å². The minimum atomic E-state index is -4.34. The van der Waals surface area contributed by atoms with Gasteiger partial charge in [-0.2, -0.15) is 13.2 Å². The average molecular weight is 230 g/mol. The summed E-state index contributed by atoms with van der Waals surface area (Å²) in [4.78, 5) is 1.72. The van der Waals surface area contributed by atoms with Crippen LogP contribution < -0.4 is 5.73 Å². The molecule has 3 N–H and O–H groups in total. The van der Waals surface area contributed by atoms with Crippen LogP contribution in [0, 0.1) is 0 Å². The van der Waals surface area contributed by atoms with Gasteiger partial charge >= 0.3 is 6.18 Å². The molecular formula is C8H17F3N2O2. The Morgan fingerprint density at radius 1 is 1.47 bits per heavy atom. The molecule has 0 aromatic carbocycles. The second kappa shape index (κ2) is 7.00. The lowest BCUT2D eigenvalue weighted by Gasteiger charge is -2.19. The van der Waals surface area contributed by atoms with Crippen molar-refractivity contribution in [3.05, 3.63) is 0 Å². The van der Waals surface area contributed by atoms with Gasteiger partial charge in [0.05, 0.1) is 12.7 Å². The molecule has 0 bridgehead atoms. The Morgan fingerprint density at radius 3 is 2.53 bits per heavy atom. The quantitative estimate of drug-likeness (QED) is 0.637. The number of nitrogens with two attached hydrogens (primary N) is 1. The molecule has 0 saturated heterocycles. The summed E-state index contributed by atoms with van der Waals surface area (Å²) < 4.78 is 39.3. The summed E-state index contributed by atoms with van der Waals surface area (Å²) in [6.07, 6.45) is -5.27. The number of aliphatic hydroxyl groups is 1. The molecule has 92 valence electrons. The third-order valence-corrected chi connectivity index (χ3v) is 1.61. The maximum absolute atomic E-state index is 11.7. The lowest BCUT2D eigenvalue weighted by molar-refractivity contribution is -0.179. The van der Waals surface area contributed by atoms with Gasteiger partial charge in [-0.15, -0.1) is 0 Å². The van der Waals surface area contributed by atoms with Gasteiger partial charge in [0, 0.05) is 19.6 Å². The van der Waals surface area contributed by atoms with Crippen molar-refractivity contribution in [3.8, 4) is 0 Å². The van der Waals surface area contributed by atoms with E-state index in [-0.39, 0.29) is 13.2 Å². The van der Waals surface area contributed by atoms with E-state index in [2.05, 4.69) is 4.74 Å². The largest absolute Gasteiger partial charge is 0.411 e. The average Bonchev–Trinajstić information content (AvgIpc) is 2.01. The first-order chi connectivity index (χ1) is 6.85. The van der Waals surface area contributed by atoms with Gasteiger partial charge in [0.15, 0.2) is 0 Å². The summed E-state index contributed by atoms with van der Waals surface area (Å²) in [6, 6.07) is 0. The van der Waals surface area contributed by atoms with Crippen LogP contribution in [0.5, 0.6) is 0 Å². The van der Waals surface area contributed by atoms with Gasteiger partial charge in [0.25, 0.3) is 0 Å². The van der Waals surface area contributed by atoms with Gasteiger partial charge in [-0.3, -0.25) is 0 Å². The van der Waals surface area contributed by atoms with E-state index < -0.39 is 18.9 Å². The summed E-state index contributed by atoms with van der Waals surface area (Å²) in [7, 11) is 1.72. The number of ether oxygens (including phenoxy) is 1. The van der Waals surface area contributed by atoms with Crippen molar-refractivity contribution in [3.63, 3.8) is 0 Å².